The Labute approximate surface area is 127 Å². The minimum Gasteiger partial charge on any atom is -0.481 e. The van der Waals surface area contributed by atoms with Crippen LogP contribution in [0.2, 0.25) is 0 Å². The molecule has 0 saturated carbocycles. The number of hydrogen-bond donors (Lipinski definition) is 3. The van der Waals surface area contributed by atoms with Gasteiger partial charge in [0.2, 0.25) is 0 Å². The summed E-state index contributed by atoms with van der Waals surface area (Å²) in [4.78, 5) is 25.7. The average molecular weight is 299 g/mol. The standard InChI is InChI=1S/C15H29N3O3/c1-11(18-8-6-7-9-18)10-16-13(21)17-15(4,5)14(2,3)12(19)20/h11H,6-10H2,1-5H3,(H,19,20)(H2,16,17,21). The summed E-state index contributed by atoms with van der Waals surface area (Å²) in [6.07, 6.45) is 2.44. The van der Waals surface area contributed by atoms with Crippen molar-refractivity contribution < 1.29 is 14.7 Å². The van der Waals surface area contributed by atoms with Gasteiger partial charge in [0.25, 0.3) is 0 Å². The molecular weight excluding hydrogens is 270 g/mol. The Balaban J connectivity index is 2.47. The van der Waals surface area contributed by atoms with E-state index in [9.17, 15) is 14.7 Å². The number of carboxylic acids is 1. The van der Waals surface area contributed by atoms with Crippen molar-refractivity contribution in [1.29, 1.82) is 0 Å². The first-order valence-corrected chi connectivity index (χ1v) is 7.61. The van der Waals surface area contributed by atoms with E-state index in [-0.39, 0.29) is 6.03 Å². The van der Waals surface area contributed by atoms with Gasteiger partial charge in [-0.3, -0.25) is 9.69 Å². The number of aliphatic carboxylic acids is 1. The van der Waals surface area contributed by atoms with Crippen LogP contribution in [0, 0.1) is 5.41 Å². The molecule has 0 spiro atoms. The molecule has 2 amide bonds. The summed E-state index contributed by atoms with van der Waals surface area (Å²) >= 11 is 0. The zero-order valence-corrected chi connectivity index (χ0v) is 13.8. The summed E-state index contributed by atoms with van der Waals surface area (Å²) < 4.78 is 0. The number of nitrogens with zero attached hydrogens (tertiary/aromatic N) is 1. The van der Waals surface area contributed by atoms with Crippen LogP contribution in [-0.2, 0) is 4.79 Å². The van der Waals surface area contributed by atoms with Crippen molar-refractivity contribution in [2.45, 2.75) is 59.0 Å². The maximum absolute atomic E-state index is 12.0. The smallest absolute Gasteiger partial charge is 0.315 e. The lowest BCUT2D eigenvalue weighted by molar-refractivity contribution is -0.150. The number of likely N-dealkylation sites (tertiary alicyclic amines) is 1. The highest BCUT2D eigenvalue weighted by atomic mass is 16.4. The third-order valence-corrected chi connectivity index (χ3v) is 4.85. The van der Waals surface area contributed by atoms with Gasteiger partial charge in [-0.2, -0.15) is 0 Å². The molecule has 1 aliphatic rings. The van der Waals surface area contributed by atoms with Crippen molar-refractivity contribution >= 4 is 12.0 Å². The lowest BCUT2D eigenvalue weighted by Crippen LogP contribution is -2.59. The van der Waals surface area contributed by atoms with Crippen LogP contribution in [0.3, 0.4) is 0 Å². The SMILES string of the molecule is CC(CNC(=O)NC(C)(C)C(C)(C)C(=O)O)N1CCCC1. The molecular formula is C15H29N3O3. The van der Waals surface area contributed by atoms with E-state index in [1.165, 1.54) is 12.8 Å². The molecule has 1 unspecified atom stereocenters. The van der Waals surface area contributed by atoms with E-state index in [0.717, 1.165) is 13.1 Å². The molecule has 1 atom stereocenters. The maximum Gasteiger partial charge on any atom is 0.315 e. The molecule has 21 heavy (non-hydrogen) atoms. The molecule has 0 aliphatic carbocycles. The number of amides is 2. The van der Waals surface area contributed by atoms with Crippen LogP contribution in [0.15, 0.2) is 0 Å². The van der Waals surface area contributed by atoms with Crippen molar-refractivity contribution in [2.24, 2.45) is 5.41 Å². The highest BCUT2D eigenvalue weighted by Gasteiger charge is 2.44. The molecule has 1 saturated heterocycles. The number of hydrogen-bond acceptors (Lipinski definition) is 3. The van der Waals surface area contributed by atoms with Gasteiger partial charge in [-0.15, -0.1) is 0 Å². The molecule has 0 radical (unpaired) electrons. The second-order valence-electron chi connectivity index (χ2n) is 6.98. The number of carboxylic acid groups (broad SMARTS) is 1. The van der Waals surface area contributed by atoms with Crippen LogP contribution in [0.25, 0.3) is 0 Å². The average Bonchev–Trinajstić information content (AvgIpc) is 2.88. The summed E-state index contributed by atoms with van der Waals surface area (Å²) in [7, 11) is 0. The number of carbonyl (C=O) groups excluding carboxylic acids is 1. The van der Waals surface area contributed by atoms with Crippen LogP contribution in [0.4, 0.5) is 4.79 Å². The van der Waals surface area contributed by atoms with Crippen LogP contribution in [0.5, 0.6) is 0 Å². The minimum atomic E-state index is -1.05. The molecule has 0 aromatic carbocycles. The normalized spacial score (nSPS) is 18.3. The van der Waals surface area contributed by atoms with Crippen molar-refractivity contribution in [2.75, 3.05) is 19.6 Å². The predicted molar refractivity (Wildman–Crippen MR) is 82.3 cm³/mol. The summed E-state index contributed by atoms with van der Waals surface area (Å²) in [5.41, 5.74) is -1.90. The van der Waals surface area contributed by atoms with Gasteiger partial charge >= 0.3 is 12.0 Å². The van der Waals surface area contributed by atoms with Crippen LogP contribution in [-0.4, -0.2) is 53.2 Å². The third kappa shape index (κ3) is 4.33. The first kappa shape index (κ1) is 17.8. The van der Waals surface area contributed by atoms with Gasteiger partial charge < -0.3 is 15.7 Å². The topological polar surface area (TPSA) is 81.7 Å². The van der Waals surface area contributed by atoms with Crippen molar-refractivity contribution in [3.8, 4) is 0 Å². The largest absolute Gasteiger partial charge is 0.481 e. The van der Waals surface area contributed by atoms with Crippen LogP contribution >= 0.6 is 0 Å². The van der Waals surface area contributed by atoms with Gasteiger partial charge in [-0.1, -0.05) is 0 Å². The van der Waals surface area contributed by atoms with Gasteiger partial charge in [-0.05, 0) is 60.5 Å². The fourth-order valence-electron chi connectivity index (χ4n) is 2.30. The van der Waals surface area contributed by atoms with Gasteiger partial charge in [0.05, 0.1) is 11.0 Å². The van der Waals surface area contributed by atoms with Crippen molar-refractivity contribution in [3.63, 3.8) is 0 Å². The molecule has 1 aliphatic heterocycles. The molecule has 1 fully saturated rings. The number of nitrogens with one attached hydrogen (secondary N) is 2. The van der Waals surface area contributed by atoms with Crippen LogP contribution in [0.1, 0.15) is 47.5 Å². The van der Waals surface area contributed by atoms with E-state index in [1.807, 2.05) is 0 Å². The van der Waals surface area contributed by atoms with E-state index >= 15 is 0 Å². The highest BCUT2D eigenvalue weighted by molar-refractivity contribution is 5.79. The van der Waals surface area contributed by atoms with E-state index in [0.29, 0.717) is 12.6 Å². The zero-order valence-electron chi connectivity index (χ0n) is 13.8. The third-order valence-electron chi connectivity index (χ3n) is 4.85. The quantitative estimate of drug-likeness (QED) is 0.696. The maximum atomic E-state index is 12.0. The second-order valence-corrected chi connectivity index (χ2v) is 6.98. The highest BCUT2D eigenvalue weighted by Crippen LogP contribution is 2.30. The Bertz CT molecular complexity index is 388. The lowest BCUT2D eigenvalue weighted by Gasteiger charge is -2.38. The summed E-state index contributed by atoms with van der Waals surface area (Å²) in [5, 5.41) is 14.9. The van der Waals surface area contributed by atoms with Gasteiger partial charge in [-0.25, -0.2) is 4.79 Å². The van der Waals surface area contributed by atoms with E-state index < -0.39 is 16.9 Å². The fourth-order valence-corrected chi connectivity index (χ4v) is 2.30. The van der Waals surface area contributed by atoms with E-state index in [1.54, 1.807) is 27.7 Å². The first-order chi connectivity index (χ1) is 9.58. The molecule has 0 aromatic heterocycles. The Morgan fingerprint density at radius 3 is 2.19 bits per heavy atom. The molecule has 0 aromatic rings. The molecule has 3 N–H and O–H groups in total. The zero-order chi connectivity index (χ0) is 16.3. The number of rotatable bonds is 6. The number of carbonyl (C=O) groups is 2. The lowest BCUT2D eigenvalue weighted by atomic mass is 9.74. The number of urea groups is 1. The molecule has 6 heteroatoms. The molecule has 0 bridgehead atoms. The Morgan fingerprint density at radius 2 is 1.71 bits per heavy atom. The van der Waals surface area contributed by atoms with E-state index in [4.69, 9.17) is 0 Å². The fraction of sp³-hybridized carbons (Fsp3) is 0.867. The molecule has 6 nitrogen and oxygen atoms in total. The summed E-state index contributed by atoms with van der Waals surface area (Å²) in [5.74, 6) is -0.932. The second kappa shape index (κ2) is 6.64. The Morgan fingerprint density at radius 1 is 1.19 bits per heavy atom. The Kier molecular flexibility index (Phi) is 5.61. The predicted octanol–water partition coefficient (Wildman–Crippen LogP) is 1.66. The Hall–Kier alpha value is -1.30. The summed E-state index contributed by atoms with van der Waals surface area (Å²) in [6.45, 7) is 11.5. The van der Waals surface area contributed by atoms with Crippen LogP contribution < -0.4 is 10.6 Å². The van der Waals surface area contributed by atoms with E-state index in [2.05, 4.69) is 22.5 Å². The molecule has 1 rings (SSSR count). The molecule has 1 heterocycles. The minimum absolute atomic E-state index is 0.300. The summed E-state index contributed by atoms with van der Waals surface area (Å²) in [6, 6.07) is -0.0192. The van der Waals surface area contributed by atoms with Crippen molar-refractivity contribution in [3.05, 3.63) is 0 Å². The van der Waals surface area contributed by atoms with Gasteiger partial charge in [0.15, 0.2) is 0 Å². The molecule has 122 valence electrons. The van der Waals surface area contributed by atoms with Gasteiger partial charge in [0, 0.05) is 12.6 Å². The first-order valence-electron chi connectivity index (χ1n) is 7.61. The monoisotopic (exact) mass is 299 g/mol. The van der Waals surface area contributed by atoms with Gasteiger partial charge in [0.1, 0.15) is 0 Å². The van der Waals surface area contributed by atoms with Crippen molar-refractivity contribution in [1.82, 2.24) is 15.5 Å².